The highest BCUT2D eigenvalue weighted by Gasteiger charge is 2.36. The standard InChI is InChI=1S/C22H30N2O4/c1-15(2)28-20(25)14-19(16-6-4-3-5-7-16)23-21(26)17-10-12-24(13-11-17)22(27)18-8-9-18/h3-7,15,17-19H,8-14H2,1-2H3,(H,23,26). The van der Waals surface area contributed by atoms with Crippen molar-refractivity contribution in [1.82, 2.24) is 10.2 Å². The number of carbonyl (C=O) groups excluding carboxylic acids is 3. The Bertz CT molecular complexity index is 692. The van der Waals surface area contributed by atoms with Crippen molar-refractivity contribution in [2.24, 2.45) is 11.8 Å². The fraction of sp³-hybridized carbons (Fsp3) is 0.591. The van der Waals surface area contributed by atoms with Crippen LogP contribution in [0.25, 0.3) is 0 Å². The minimum atomic E-state index is -0.411. The van der Waals surface area contributed by atoms with Gasteiger partial charge in [-0.25, -0.2) is 0 Å². The molecule has 1 atom stereocenters. The summed E-state index contributed by atoms with van der Waals surface area (Å²) in [6.07, 6.45) is 3.26. The summed E-state index contributed by atoms with van der Waals surface area (Å²) in [4.78, 5) is 39.1. The van der Waals surface area contributed by atoms with Crippen LogP contribution in [0, 0.1) is 11.8 Å². The fourth-order valence-corrected chi connectivity index (χ4v) is 3.66. The Morgan fingerprint density at radius 2 is 1.68 bits per heavy atom. The second-order valence-corrected chi connectivity index (χ2v) is 8.09. The molecule has 1 unspecified atom stereocenters. The second kappa shape index (κ2) is 9.22. The molecule has 2 fully saturated rings. The summed E-state index contributed by atoms with van der Waals surface area (Å²) >= 11 is 0. The van der Waals surface area contributed by atoms with Crippen molar-refractivity contribution in [3.05, 3.63) is 35.9 Å². The molecule has 0 spiro atoms. The van der Waals surface area contributed by atoms with Crippen LogP contribution in [0.4, 0.5) is 0 Å². The summed E-state index contributed by atoms with van der Waals surface area (Å²) in [5.41, 5.74) is 0.887. The van der Waals surface area contributed by atoms with Crippen LogP contribution in [0.1, 0.15) is 57.6 Å². The van der Waals surface area contributed by atoms with Crippen LogP contribution >= 0.6 is 0 Å². The second-order valence-electron chi connectivity index (χ2n) is 8.09. The highest BCUT2D eigenvalue weighted by Crippen LogP contribution is 2.32. The Hall–Kier alpha value is -2.37. The molecule has 3 rings (SSSR count). The van der Waals surface area contributed by atoms with Crippen molar-refractivity contribution in [1.29, 1.82) is 0 Å². The van der Waals surface area contributed by atoms with Crippen molar-refractivity contribution in [2.45, 2.75) is 58.1 Å². The maximum atomic E-state index is 12.8. The largest absolute Gasteiger partial charge is 0.463 e. The molecule has 6 heteroatoms. The van der Waals surface area contributed by atoms with E-state index in [1.165, 1.54) is 0 Å². The number of nitrogens with zero attached hydrogens (tertiary/aromatic N) is 1. The number of amides is 2. The molecule has 28 heavy (non-hydrogen) atoms. The quantitative estimate of drug-likeness (QED) is 0.731. The van der Waals surface area contributed by atoms with Gasteiger partial charge >= 0.3 is 5.97 Å². The Morgan fingerprint density at radius 3 is 2.25 bits per heavy atom. The molecule has 2 aliphatic rings. The molecule has 1 aromatic rings. The van der Waals surface area contributed by atoms with Crippen molar-refractivity contribution < 1.29 is 19.1 Å². The third kappa shape index (κ3) is 5.57. The van der Waals surface area contributed by atoms with E-state index in [4.69, 9.17) is 4.74 Å². The number of carbonyl (C=O) groups is 3. The molecule has 1 heterocycles. The molecule has 1 aliphatic carbocycles. The molecule has 0 bridgehead atoms. The lowest BCUT2D eigenvalue weighted by atomic mass is 9.94. The van der Waals surface area contributed by atoms with Gasteiger partial charge in [-0.1, -0.05) is 30.3 Å². The lowest BCUT2D eigenvalue weighted by Gasteiger charge is -2.32. The molecule has 1 saturated carbocycles. The Labute approximate surface area is 166 Å². The van der Waals surface area contributed by atoms with Crippen LogP contribution in [-0.4, -0.2) is 41.9 Å². The number of hydrogen-bond acceptors (Lipinski definition) is 4. The van der Waals surface area contributed by atoms with Gasteiger partial charge in [0.1, 0.15) is 0 Å². The van der Waals surface area contributed by atoms with Crippen molar-refractivity contribution in [3.8, 4) is 0 Å². The van der Waals surface area contributed by atoms with E-state index in [0.717, 1.165) is 18.4 Å². The van der Waals surface area contributed by atoms with Gasteiger partial charge in [0, 0.05) is 24.9 Å². The SMILES string of the molecule is CC(C)OC(=O)CC(NC(=O)C1CCN(C(=O)C2CC2)CC1)c1ccccc1. The van der Waals surface area contributed by atoms with E-state index in [1.807, 2.05) is 49.1 Å². The van der Waals surface area contributed by atoms with Crippen LogP contribution in [0.15, 0.2) is 30.3 Å². The highest BCUT2D eigenvalue weighted by atomic mass is 16.5. The van der Waals surface area contributed by atoms with Crippen LogP contribution < -0.4 is 5.32 Å². The van der Waals surface area contributed by atoms with Crippen LogP contribution in [0.5, 0.6) is 0 Å². The first-order valence-electron chi connectivity index (χ1n) is 10.3. The Morgan fingerprint density at radius 1 is 1.04 bits per heavy atom. The molecule has 0 aromatic heterocycles. The minimum Gasteiger partial charge on any atom is -0.463 e. The van der Waals surface area contributed by atoms with Gasteiger partial charge in [0.25, 0.3) is 0 Å². The lowest BCUT2D eigenvalue weighted by Crippen LogP contribution is -2.44. The topological polar surface area (TPSA) is 75.7 Å². The van der Waals surface area contributed by atoms with Gasteiger partial charge in [0.2, 0.25) is 11.8 Å². The zero-order chi connectivity index (χ0) is 20.1. The number of nitrogens with one attached hydrogen (secondary N) is 1. The lowest BCUT2D eigenvalue weighted by molar-refractivity contribution is -0.148. The molecular weight excluding hydrogens is 356 g/mol. The average Bonchev–Trinajstić information content (AvgIpc) is 3.52. The first-order chi connectivity index (χ1) is 13.4. The first kappa shape index (κ1) is 20.4. The summed E-state index contributed by atoms with van der Waals surface area (Å²) in [6, 6.07) is 9.09. The number of piperidine rings is 1. The van der Waals surface area contributed by atoms with E-state index < -0.39 is 6.04 Å². The van der Waals surface area contributed by atoms with Gasteiger partial charge < -0.3 is 15.0 Å². The van der Waals surface area contributed by atoms with Gasteiger partial charge in [0.05, 0.1) is 18.6 Å². The van der Waals surface area contributed by atoms with Gasteiger partial charge in [-0.05, 0) is 45.1 Å². The fourth-order valence-electron chi connectivity index (χ4n) is 3.66. The van der Waals surface area contributed by atoms with E-state index in [-0.39, 0.29) is 42.1 Å². The molecule has 2 amide bonds. The Balaban J connectivity index is 1.58. The van der Waals surface area contributed by atoms with Gasteiger partial charge in [-0.2, -0.15) is 0 Å². The molecular formula is C22H30N2O4. The molecule has 6 nitrogen and oxygen atoms in total. The summed E-state index contributed by atoms with van der Waals surface area (Å²) < 4.78 is 5.26. The Kier molecular flexibility index (Phi) is 6.70. The van der Waals surface area contributed by atoms with Gasteiger partial charge in [0.15, 0.2) is 0 Å². The van der Waals surface area contributed by atoms with E-state index in [0.29, 0.717) is 25.9 Å². The van der Waals surface area contributed by atoms with Gasteiger partial charge in [-0.15, -0.1) is 0 Å². The van der Waals surface area contributed by atoms with Gasteiger partial charge in [-0.3, -0.25) is 14.4 Å². The summed E-state index contributed by atoms with van der Waals surface area (Å²) in [5.74, 6) is -0.0356. The summed E-state index contributed by atoms with van der Waals surface area (Å²) in [5, 5.41) is 3.04. The third-order valence-corrected chi connectivity index (χ3v) is 5.36. The van der Waals surface area contributed by atoms with Crippen LogP contribution in [0.2, 0.25) is 0 Å². The smallest absolute Gasteiger partial charge is 0.308 e. The summed E-state index contributed by atoms with van der Waals surface area (Å²) in [7, 11) is 0. The van der Waals surface area contributed by atoms with Crippen molar-refractivity contribution in [3.63, 3.8) is 0 Å². The normalized spacial score (nSPS) is 18.6. The zero-order valence-corrected chi connectivity index (χ0v) is 16.7. The maximum Gasteiger partial charge on any atom is 0.308 e. The van der Waals surface area contributed by atoms with Crippen molar-refractivity contribution >= 4 is 17.8 Å². The number of benzene rings is 1. The minimum absolute atomic E-state index is 0.0512. The molecule has 152 valence electrons. The molecule has 1 aliphatic heterocycles. The van der Waals surface area contributed by atoms with E-state index in [2.05, 4.69) is 5.32 Å². The van der Waals surface area contributed by atoms with E-state index in [1.54, 1.807) is 0 Å². The number of ether oxygens (including phenoxy) is 1. The average molecular weight is 386 g/mol. The van der Waals surface area contributed by atoms with Crippen LogP contribution in [0.3, 0.4) is 0 Å². The first-order valence-corrected chi connectivity index (χ1v) is 10.3. The number of likely N-dealkylation sites (tertiary alicyclic amines) is 1. The molecule has 1 saturated heterocycles. The number of hydrogen-bond donors (Lipinski definition) is 1. The molecule has 0 radical (unpaired) electrons. The summed E-state index contributed by atoms with van der Waals surface area (Å²) in [6.45, 7) is 4.90. The number of esters is 1. The predicted octanol–water partition coefficient (Wildman–Crippen LogP) is 2.83. The maximum absolute atomic E-state index is 12.8. The van der Waals surface area contributed by atoms with Crippen LogP contribution in [-0.2, 0) is 19.1 Å². The third-order valence-electron chi connectivity index (χ3n) is 5.36. The van der Waals surface area contributed by atoms with Crippen molar-refractivity contribution in [2.75, 3.05) is 13.1 Å². The van der Waals surface area contributed by atoms with E-state index >= 15 is 0 Å². The monoisotopic (exact) mass is 386 g/mol. The highest BCUT2D eigenvalue weighted by molar-refractivity contribution is 5.83. The number of rotatable bonds is 7. The predicted molar refractivity (Wildman–Crippen MR) is 105 cm³/mol. The zero-order valence-electron chi connectivity index (χ0n) is 16.7. The van der Waals surface area contributed by atoms with E-state index in [9.17, 15) is 14.4 Å². The molecule has 1 aromatic carbocycles. The molecule has 1 N–H and O–H groups in total.